The second-order valence-electron chi connectivity index (χ2n) is 3.01. The van der Waals surface area contributed by atoms with Crippen molar-refractivity contribution in [3.8, 4) is 5.75 Å². The van der Waals surface area contributed by atoms with Gasteiger partial charge in [0.1, 0.15) is 5.75 Å². The molecule has 0 aliphatic carbocycles. The summed E-state index contributed by atoms with van der Waals surface area (Å²) in [6.07, 6.45) is 1.66. The zero-order valence-corrected chi connectivity index (χ0v) is 7.46. The highest BCUT2D eigenvalue weighted by atomic mass is 16.3. The first-order chi connectivity index (χ1) is 6.74. The van der Waals surface area contributed by atoms with Crippen molar-refractivity contribution in [2.24, 2.45) is 0 Å². The van der Waals surface area contributed by atoms with Crippen LogP contribution in [0, 0.1) is 0 Å². The molecule has 5 heteroatoms. The standard InChI is InChI=1S/C9H10N4O/c10-9-6-13(12-11-9)5-7-1-3-8(14)4-2-7/h1-4,6,14H,5,10H2. The van der Waals surface area contributed by atoms with E-state index in [9.17, 15) is 0 Å². The van der Waals surface area contributed by atoms with Crippen LogP contribution in [0.15, 0.2) is 30.5 Å². The molecule has 3 N–H and O–H groups in total. The molecule has 5 nitrogen and oxygen atoms in total. The van der Waals surface area contributed by atoms with E-state index in [1.165, 1.54) is 0 Å². The van der Waals surface area contributed by atoms with E-state index >= 15 is 0 Å². The summed E-state index contributed by atoms with van der Waals surface area (Å²) in [5, 5.41) is 16.6. The number of anilines is 1. The van der Waals surface area contributed by atoms with Gasteiger partial charge in [-0.15, -0.1) is 5.10 Å². The fourth-order valence-electron chi connectivity index (χ4n) is 1.18. The average Bonchev–Trinajstić information content (AvgIpc) is 2.56. The summed E-state index contributed by atoms with van der Waals surface area (Å²) in [6, 6.07) is 6.92. The molecule has 1 heterocycles. The molecule has 0 aliphatic rings. The number of hydrogen-bond acceptors (Lipinski definition) is 4. The lowest BCUT2D eigenvalue weighted by atomic mass is 10.2. The van der Waals surface area contributed by atoms with Crippen molar-refractivity contribution in [1.29, 1.82) is 0 Å². The molecule has 2 aromatic rings. The lowest BCUT2D eigenvalue weighted by Gasteiger charge is -2.00. The fourth-order valence-corrected chi connectivity index (χ4v) is 1.18. The van der Waals surface area contributed by atoms with E-state index in [0.29, 0.717) is 12.4 Å². The van der Waals surface area contributed by atoms with Crippen LogP contribution in [0.4, 0.5) is 5.82 Å². The molecule has 2 rings (SSSR count). The van der Waals surface area contributed by atoms with Gasteiger partial charge in [0.05, 0.1) is 12.7 Å². The SMILES string of the molecule is Nc1cn(Cc2ccc(O)cc2)nn1. The van der Waals surface area contributed by atoms with E-state index in [-0.39, 0.29) is 5.75 Å². The van der Waals surface area contributed by atoms with Crippen molar-refractivity contribution in [1.82, 2.24) is 15.0 Å². The predicted octanol–water partition coefficient (Wildman–Crippen LogP) is 0.614. The molecule has 0 amide bonds. The maximum Gasteiger partial charge on any atom is 0.165 e. The van der Waals surface area contributed by atoms with Crippen LogP contribution in [-0.4, -0.2) is 20.1 Å². The third kappa shape index (κ3) is 1.82. The molecule has 0 spiro atoms. The molecular weight excluding hydrogens is 180 g/mol. The Bertz CT molecular complexity index is 421. The Labute approximate surface area is 80.8 Å². The molecule has 0 saturated heterocycles. The number of phenolic OH excluding ortho intramolecular Hbond substituents is 1. The van der Waals surface area contributed by atoms with E-state index in [1.807, 2.05) is 12.1 Å². The minimum atomic E-state index is 0.256. The Morgan fingerprint density at radius 3 is 2.57 bits per heavy atom. The van der Waals surface area contributed by atoms with Gasteiger partial charge in [0.2, 0.25) is 0 Å². The van der Waals surface area contributed by atoms with Gasteiger partial charge >= 0.3 is 0 Å². The van der Waals surface area contributed by atoms with Gasteiger partial charge in [0.25, 0.3) is 0 Å². The monoisotopic (exact) mass is 190 g/mol. The van der Waals surface area contributed by atoms with Gasteiger partial charge in [-0.25, -0.2) is 4.68 Å². The average molecular weight is 190 g/mol. The fraction of sp³-hybridized carbons (Fsp3) is 0.111. The summed E-state index contributed by atoms with van der Waals surface area (Å²) in [5.74, 6) is 0.663. The van der Waals surface area contributed by atoms with Gasteiger partial charge < -0.3 is 10.8 Å². The quantitative estimate of drug-likeness (QED) is 0.727. The number of aromatic nitrogens is 3. The van der Waals surface area contributed by atoms with Crippen LogP contribution in [0.5, 0.6) is 5.75 Å². The van der Waals surface area contributed by atoms with Gasteiger partial charge in [-0.3, -0.25) is 0 Å². The van der Waals surface area contributed by atoms with Crippen LogP contribution in [0.2, 0.25) is 0 Å². The highest BCUT2D eigenvalue weighted by Gasteiger charge is 1.97. The molecule has 0 bridgehead atoms. The summed E-state index contributed by atoms with van der Waals surface area (Å²) in [4.78, 5) is 0. The molecule has 0 radical (unpaired) electrons. The molecule has 14 heavy (non-hydrogen) atoms. The largest absolute Gasteiger partial charge is 0.508 e. The van der Waals surface area contributed by atoms with E-state index in [2.05, 4.69) is 10.3 Å². The molecule has 0 saturated carbocycles. The Hall–Kier alpha value is -2.04. The number of rotatable bonds is 2. The van der Waals surface area contributed by atoms with Gasteiger partial charge in [-0.1, -0.05) is 17.3 Å². The molecule has 1 aromatic heterocycles. The summed E-state index contributed by atoms with van der Waals surface area (Å²) >= 11 is 0. The summed E-state index contributed by atoms with van der Waals surface area (Å²) < 4.78 is 1.64. The number of nitrogens with zero attached hydrogens (tertiary/aromatic N) is 3. The van der Waals surface area contributed by atoms with Crippen molar-refractivity contribution in [3.05, 3.63) is 36.0 Å². The number of nitrogen functional groups attached to an aromatic ring is 1. The van der Waals surface area contributed by atoms with E-state index in [4.69, 9.17) is 10.8 Å². The van der Waals surface area contributed by atoms with Crippen LogP contribution >= 0.6 is 0 Å². The number of hydrogen-bond donors (Lipinski definition) is 2. The van der Waals surface area contributed by atoms with Crippen LogP contribution in [0.1, 0.15) is 5.56 Å². The molecular formula is C9H10N4O. The minimum absolute atomic E-state index is 0.256. The van der Waals surface area contributed by atoms with E-state index in [0.717, 1.165) is 5.56 Å². The topological polar surface area (TPSA) is 77.0 Å². The highest BCUT2D eigenvalue weighted by Crippen LogP contribution is 2.10. The molecule has 0 fully saturated rings. The van der Waals surface area contributed by atoms with Gasteiger partial charge in [-0.05, 0) is 17.7 Å². The Balaban J connectivity index is 2.15. The summed E-state index contributed by atoms with van der Waals surface area (Å²) in [5.41, 5.74) is 6.46. The first-order valence-corrected chi connectivity index (χ1v) is 4.17. The summed E-state index contributed by atoms with van der Waals surface area (Å²) in [7, 11) is 0. The zero-order chi connectivity index (χ0) is 9.97. The first kappa shape index (κ1) is 8.55. The second-order valence-corrected chi connectivity index (χ2v) is 3.01. The maximum atomic E-state index is 9.07. The molecule has 0 atom stereocenters. The number of phenols is 1. The molecule has 1 aromatic carbocycles. The predicted molar refractivity (Wildman–Crippen MR) is 51.6 cm³/mol. The van der Waals surface area contributed by atoms with Crippen molar-refractivity contribution in [2.45, 2.75) is 6.54 Å². The number of benzene rings is 1. The van der Waals surface area contributed by atoms with Crippen LogP contribution in [-0.2, 0) is 6.54 Å². The minimum Gasteiger partial charge on any atom is -0.508 e. The van der Waals surface area contributed by atoms with Crippen LogP contribution in [0.25, 0.3) is 0 Å². The van der Waals surface area contributed by atoms with Crippen LogP contribution in [0.3, 0.4) is 0 Å². The molecule has 0 unspecified atom stereocenters. The Morgan fingerprint density at radius 2 is 2.00 bits per heavy atom. The van der Waals surface area contributed by atoms with Gasteiger partial charge in [-0.2, -0.15) is 0 Å². The third-order valence-electron chi connectivity index (χ3n) is 1.84. The number of aromatic hydroxyl groups is 1. The van der Waals surface area contributed by atoms with E-state index < -0.39 is 0 Å². The van der Waals surface area contributed by atoms with Crippen molar-refractivity contribution < 1.29 is 5.11 Å². The third-order valence-corrected chi connectivity index (χ3v) is 1.84. The lowest BCUT2D eigenvalue weighted by Crippen LogP contribution is -1.99. The van der Waals surface area contributed by atoms with Gasteiger partial charge in [0.15, 0.2) is 5.82 Å². The zero-order valence-electron chi connectivity index (χ0n) is 7.46. The highest BCUT2D eigenvalue weighted by molar-refractivity contribution is 5.26. The second kappa shape index (κ2) is 3.37. The number of nitrogens with two attached hydrogens (primary N) is 1. The van der Waals surface area contributed by atoms with E-state index in [1.54, 1.807) is 23.0 Å². The maximum absolute atomic E-state index is 9.07. The summed E-state index contributed by atoms with van der Waals surface area (Å²) in [6.45, 7) is 0.602. The smallest absolute Gasteiger partial charge is 0.165 e. The Kier molecular flexibility index (Phi) is 2.06. The van der Waals surface area contributed by atoms with Crippen molar-refractivity contribution in [3.63, 3.8) is 0 Å². The van der Waals surface area contributed by atoms with Crippen molar-refractivity contribution >= 4 is 5.82 Å². The molecule has 72 valence electrons. The van der Waals surface area contributed by atoms with Crippen molar-refractivity contribution in [2.75, 3.05) is 5.73 Å². The Morgan fingerprint density at radius 1 is 1.29 bits per heavy atom. The molecule has 0 aliphatic heterocycles. The first-order valence-electron chi connectivity index (χ1n) is 4.17. The van der Waals surface area contributed by atoms with Crippen LogP contribution < -0.4 is 5.73 Å². The lowest BCUT2D eigenvalue weighted by molar-refractivity contribution is 0.475. The normalized spacial score (nSPS) is 10.3. The van der Waals surface area contributed by atoms with Gasteiger partial charge in [0, 0.05) is 0 Å².